The third-order valence-corrected chi connectivity index (χ3v) is 0.975. The monoisotopic (exact) mass is 135 g/mol. The van der Waals surface area contributed by atoms with Gasteiger partial charge in [0.2, 0.25) is 0 Å². The van der Waals surface area contributed by atoms with Gasteiger partial charge in [0.05, 0.1) is 0 Å². The molecule has 0 amide bonds. The van der Waals surface area contributed by atoms with E-state index in [1.54, 1.807) is 13.0 Å². The first-order valence-corrected chi connectivity index (χ1v) is 2.70. The van der Waals surface area contributed by atoms with Crippen LogP contribution >= 0.6 is 0 Å². The lowest BCUT2D eigenvalue weighted by Crippen LogP contribution is -2.08. The summed E-state index contributed by atoms with van der Waals surface area (Å²) in [4.78, 5) is 16.8. The van der Waals surface area contributed by atoms with Crippen LogP contribution in [0.5, 0.6) is 0 Å². The third kappa shape index (κ3) is 1.20. The van der Waals surface area contributed by atoms with Crippen molar-refractivity contribution in [1.29, 1.82) is 5.26 Å². The highest BCUT2D eigenvalue weighted by Gasteiger charge is 1.93. The summed E-state index contributed by atoms with van der Waals surface area (Å²) in [5, 5.41) is 8.32. The molecule has 0 saturated heterocycles. The molecule has 0 unspecified atom stereocenters. The van der Waals surface area contributed by atoms with Crippen molar-refractivity contribution in [1.82, 2.24) is 9.97 Å². The lowest BCUT2D eigenvalue weighted by molar-refractivity contribution is 1.00. The van der Waals surface area contributed by atoms with Crippen LogP contribution in [0, 0.1) is 18.3 Å². The van der Waals surface area contributed by atoms with Crippen LogP contribution in [0.1, 0.15) is 11.5 Å². The Morgan fingerprint density at radius 3 is 3.00 bits per heavy atom. The molecule has 0 atom stereocenters. The van der Waals surface area contributed by atoms with Crippen LogP contribution in [0.4, 0.5) is 0 Å². The molecule has 4 nitrogen and oxygen atoms in total. The molecule has 1 N–H and O–H groups in total. The van der Waals surface area contributed by atoms with E-state index < -0.39 is 0 Å². The smallest absolute Gasteiger partial charge is 0.252 e. The number of rotatable bonds is 0. The zero-order chi connectivity index (χ0) is 7.56. The number of nitriles is 1. The maximum atomic E-state index is 10.6. The molecule has 0 bridgehead atoms. The predicted molar refractivity (Wildman–Crippen MR) is 34.3 cm³/mol. The number of aromatic amines is 1. The number of nitrogens with zero attached hydrogens (tertiary/aromatic N) is 2. The first-order valence-electron chi connectivity index (χ1n) is 2.70. The van der Waals surface area contributed by atoms with E-state index in [9.17, 15) is 4.79 Å². The first-order chi connectivity index (χ1) is 4.72. The van der Waals surface area contributed by atoms with Gasteiger partial charge in [0.1, 0.15) is 17.6 Å². The summed E-state index contributed by atoms with van der Waals surface area (Å²) in [7, 11) is 0. The van der Waals surface area contributed by atoms with E-state index in [1.807, 2.05) is 0 Å². The van der Waals surface area contributed by atoms with Crippen LogP contribution in [-0.4, -0.2) is 9.97 Å². The second-order valence-electron chi connectivity index (χ2n) is 1.83. The molecule has 0 radical (unpaired) electrons. The minimum Gasteiger partial charge on any atom is -0.311 e. The van der Waals surface area contributed by atoms with E-state index in [2.05, 4.69) is 9.97 Å². The molecule has 0 saturated carbocycles. The summed E-state index contributed by atoms with van der Waals surface area (Å²) in [6, 6.07) is 2.94. The van der Waals surface area contributed by atoms with Gasteiger partial charge in [0, 0.05) is 6.07 Å². The Labute approximate surface area is 57.2 Å². The molecule has 0 aliphatic heterocycles. The van der Waals surface area contributed by atoms with E-state index in [-0.39, 0.29) is 11.3 Å². The molecular formula is C6H5N3O. The van der Waals surface area contributed by atoms with Crippen LogP contribution < -0.4 is 5.56 Å². The number of hydrogen-bond donors (Lipinski definition) is 1. The largest absolute Gasteiger partial charge is 0.311 e. The van der Waals surface area contributed by atoms with Crippen molar-refractivity contribution in [2.75, 3.05) is 0 Å². The second-order valence-corrected chi connectivity index (χ2v) is 1.83. The average Bonchev–Trinajstić information content (AvgIpc) is 1.85. The summed E-state index contributed by atoms with van der Waals surface area (Å²) in [6.45, 7) is 1.63. The molecule has 50 valence electrons. The fraction of sp³-hybridized carbons (Fsp3) is 0.167. The highest BCUT2D eigenvalue weighted by Crippen LogP contribution is 1.85. The summed E-state index contributed by atoms with van der Waals surface area (Å²) in [5.41, 5.74) is -0.134. The molecule has 4 heteroatoms. The Kier molecular flexibility index (Phi) is 1.50. The Morgan fingerprint density at radius 1 is 1.80 bits per heavy atom. The Bertz CT molecular complexity index is 334. The first kappa shape index (κ1) is 6.49. The van der Waals surface area contributed by atoms with Crippen molar-refractivity contribution < 1.29 is 0 Å². The SMILES string of the molecule is Cc1nc(C#N)cc(=O)[nH]1. The molecule has 1 aromatic rings. The molecular weight excluding hydrogens is 130 g/mol. The van der Waals surface area contributed by atoms with Gasteiger partial charge in [0.15, 0.2) is 0 Å². The average molecular weight is 135 g/mol. The highest BCUT2D eigenvalue weighted by molar-refractivity contribution is 5.17. The maximum absolute atomic E-state index is 10.6. The van der Waals surface area contributed by atoms with Crippen molar-refractivity contribution in [2.24, 2.45) is 0 Å². The van der Waals surface area contributed by atoms with Gasteiger partial charge in [-0.05, 0) is 6.92 Å². The quantitative estimate of drug-likeness (QED) is 0.542. The van der Waals surface area contributed by atoms with Crippen LogP contribution in [0.15, 0.2) is 10.9 Å². The molecule has 0 aliphatic carbocycles. The number of aromatic nitrogens is 2. The number of H-pyrrole nitrogens is 1. The van der Waals surface area contributed by atoms with Crippen molar-refractivity contribution >= 4 is 0 Å². The van der Waals surface area contributed by atoms with Gasteiger partial charge in [-0.15, -0.1) is 0 Å². The van der Waals surface area contributed by atoms with Gasteiger partial charge in [-0.2, -0.15) is 5.26 Å². The van der Waals surface area contributed by atoms with Gasteiger partial charge in [0.25, 0.3) is 5.56 Å². The maximum Gasteiger partial charge on any atom is 0.252 e. The normalized spacial score (nSPS) is 8.80. The highest BCUT2D eigenvalue weighted by atomic mass is 16.1. The van der Waals surface area contributed by atoms with Gasteiger partial charge in [-0.25, -0.2) is 4.98 Å². The molecule has 0 spiro atoms. The van der Waals surface area contributed by atoms with Crippen molar-refractivity contribution in [3.63, 3.8) is 0 Å². The Morgan fingerprint density at radius 2 is 2.50 bits per heavy atom. The van der Waals surface area contributed by atoms with E-state index in [1.165, 1.54) is 0 Å². The topological polar surface area (TPSA) is 69.5 Å². The number of aryl methyl sites for hydroxylation is 1. The minimum atomic E-state index is -0.288. The van der Waals surface area contributed by atoms with E-state index in [4.69, 9.17) is 5.26 Å². The van der Waals surface area contributed by atoms with Gasteiger partial charge < -0.3 is 4.98 Å². The molecule has 0 aliphatic rings. The van der Waals surface area contributed by atoms with Gasteiger partial charge >= 0.3 is 0 Å². The zero-order valence-electron chi connectivity index (χ0n) is 5.38. The van der Waals surface area contributed by atoms with Crippen LogP contribution in [0.3, 0.4) is 0 Å². The summed E-state index contributed by atoms with van der Waals surface area (Å²) >= 11 is 0. The van der Waals surface area contributed by atoms with Crippen LogP contribution in [-0.2, 0) is 0 Å². The number of nitrogens with one attached hydrogen (secondary N) is 1. The molecule has 10 heavy (non-hydrogen) atoms. The van der Waals surface area contributed by atoms with Crippen molar-refractivity contribution in [3.05, 3.63) is 27.9 Å². The Hall–Kier alpha value is -1.63. The predicted octanol–water partition coefficient (Wildman–Crippen LogP) is -0.0500. The fourth-order valence-electron chi connectivity index (χ4n) is 0.637. The fourth-order valence-corrected chi connectivity index (χ4v) is 0.637. The molecule has 0 aromatic carbocycles. The summed E-state index contributed by atoms with van der Waals surface area (Å²) in [6.07, 6.45) is 0. The van der Waals surface area contributed by atoms with Crippen LogP contribution in [0.25, 0.3) is 0 Å². The van der Waals surface area contributed by atoms with Crippen molar-refractivity contribution in [3.8, 4) is 6.07 Å². The van der Waals surface area contributed by atoms with E-state index in [0.29, 0.717) is 5.82 Å². The molecule has 0 fully saturated rings. The third-order valence-electron chi connectivity index (χ3n) is 0.975. The Balaban J connectivity index is 3.36. The lowest BCUT2D eigenvalue weighted by Gasteiger charge is -1.88. The van der Waals surface area contributed by atoms with Gasteiger partial charge in [-0.1, -0.05) is 0 Å². The minimum absolute atomic E-state index is 0.154. The standard InChI is InChI=1S/C6H5N3O/c1-4-8-5(3-7)2-6(10)9-4/h2H,1H3,(H,8,9,10). The number of hydrogen-bond acceptors (Lipinski definition) is 3. The van der Waals surface area contributed by atoms with Crippen LogP contribution in [0.2, 0.25) is 0 Å². The summed E-state index contributed by atoms with van der Waals surface area (Å²) in [5.74, 6) is 0.462. The summed E-state index contributed by atoms with van der Waals surface area (Å²) < 4.78 is 0. The van der Waals surface area contributed by atoms with Gasteiger partial charge in [-0.3, -0.25) is 4.79 Å². The zero-order valence-corrected chi connectivity index (χ0v) is 5.38. The molecule has 1 heterocycles. The van der Waals surface area contributed by atoms with E-state index in [0.717, 1.165) is 6.07 Å². The molecule has 1 aromatic heterocycles. The van der Waals surface area contributed by atoms with E-state index >= 15 is 0 Å². The molecule has 1 rings (SSSR count). The lowest BCUT2D eigenvalue weighted by atomic mass is 10.4. The second kappa shape index (κ2) is 2.31. The van der Waals surface area contributed by atoms with Crippen molar-refractivity contribution in [2.45, 2.75) is 6.92 Å².